The van der Waals surface area contributed by atoms with E-state index in [4.69, 9.17) is 0 Å². The fourth-order valence-electron chi connectivity index (χ4n) is 2.26. The first-order valence-electron chi connectivity index (χ1n) is 7.28. The number of guanidine groups is 1. The summed E-state index contributed by atoms with van der Waals surface area (Å²) in [5.74, 6) is 2.24. The number of aliphatic imine (C=N–C) groups is 1. The summed E-state index contributed by atoms with van der Waals surface area (Å²) < 4.78 is 0. The second-order valence-corrected chi connectivity index (χ2v) is 5.84. The highest BCUT2D eigenvalue weighted by atomic mass is 15.2. The lowest BCUT2D eigenvalue weighted by Gasteiger charge is -2.21. The van der Waals surface area contributed by atoms with Gasteiger partial charge in [-0.1, -0.05) is 20.8 Å². The van der Waals surface area contributed by atoms with E-state index in [1.807, 2.05) is 7.05 Å². The third-order valence-electron chi connectivity index (χ3n) is 3.29. The van der Waals surface area contributed by atoms with Crippen molar-refractivity contribution in [3.05, 3.63) is 0 Å². The van der Waals surface area contributed by atoms with Crippen LogP contribution >= 0.6 is 0 Å². The molecular formula is C14H30N4. The van der Waals surface area contributed by atoms with Crippen molar-refractivity contribution in [3.8, 4) is 0 Å². The van der Waals surface area contributed by atoms with E-state index in [-0.39, 0.29) is 0 Å². The minimum atomic E-state index is 0.644. The highest BCUT2D eigenvalue weighted by Crippen LogP contribution is 2.09. The van der Waals surface area contributed by atoms with Crippen molar-refractivity contribution >= 4 is 5.96 Å². The van der Waals surface area contributed by atoms with Gasteiger partial charge in [-0.3, -0.25) is 4.99 Å². The zero-order chi connectivity index (χ0) is 13.4. The molecule has 0 aromatic rings. The molecule has 1 aliphatic rings. The number of hydrogen-bond donors (Lipinski definition) is 2. The molecule has 1 heterocycles. The second kappa shape index (κ2) is 8.35. The molecule has 1 saturated heterocycles. The molecule has 1 unspecified atom stereocenters. The van der Waals surface area contributed by atoms with E-state index in [0.29, 0.717) is 11.8 Å². The fourth-order valence-corrected chi connectivity index (χ4v) is 2.26. The molecule has 1 rings (SSSR count). The van der Waals surface area contributed by atoms with Crippen LogP contribution in [-0.4, -0.2) is 50.6 Å². The Hall–Kier alpha value is -0.770. The lowest BCUT2D eigenvalue weighted by Crippen LogP contribution is -2.42. The Morgan fingerprint density at radius 1 is 1.11 bits per heavy atom. The van der Waals surface area contributed by atoms with Crippen molar-refractivity contribution in [2.75, 3.05) is 39.8 Å². The van der Waals surface area contributed by atoms with E-state index in [1.54, 1.807) is 0 Å². The van der Waals surface area contributed by atoms with Crippen LogP contribution in [0, 0.1) is 11.8 Å². The fraction of sp³-hybridized carbons (Fsp3) is 0.929. The Morgan fingerprint density at radius 3 is 2.28 bits per heavy atom. The second-order valence-electron chi connectivity index (χ2n) is 5.84. The molecule has 0 aromatic heterocycles. The average Bonchev–Trinajstić information content (AvgIpc) is 2.81. The van der Waals surface area contributed by atoms with Gasteiger partial charge in [-0.05, 0) is 37.8 Å². The van der Waals surface area contributed by atoms with Gasteiger partial charge in [0.1, 0.15) is 0 Å². The standard InChI is InChI=1S/C14H30N4/c1-12(2)9-16-14(15-4)17-10-13(3)11-18-7-5-6-8-18/h12-13H,5-11H2,1-4H3,(H2,15,16,17). The molecule has 0 bridgehead atoms. The number of likely N-dealkylation sites (tertiary alicyclic amines) is 1. The van der Waals surface area contributed by atoms with E-state index >= 15 is 0 Å². The molecule has 1 fully saturated rings. The highest BCUT2D eigenvalue weighted by molar-refractivity contribution is 5.79. The number of rotatable bonds is 6. The maximum absolute atomic E-state index is 4.24. The molecule has 4 heteroatoms. The first-order chi connectivity index (χ1) is 8.61. The molecule has 18 heavy (non-hydrogen) atoms. The van der Waals surface area contributed by atoms with Crippen LogP contribution in [0.2, 0.25) is 0 Å². The van der Waals surface area contributed by atoms with Crippen molar-refractivity contribution in [2.24, 2.45) is 16.8 Å². The first kappa shape index (κ1) is 15.3. The number of nitrogens with one attached hydrogen (secondary N) is 2. The van der Waals surface area contributed by atoms with Crippen LogP contribution in [-0.2, 0) is 0 Å². The molecule has 0 spiro atoms. The molecule has 0 amide bonds. The lowest BCUT2D eigenvalue weighted by atomic mass is 10.1. The van der Waals surface area contributed by atoms with Gasteiger partial charge in [-0.25, -0.2) is 0 Å². The van der Waals surface area contributed by atoms with Gasteiger partial charge < -0.3 is 15.5 Å². The molecule has 4 nitrogen and oxygen atoms in total. The van der Waals surface area contributed by atoms with Crippen LogP contribution in [0.5, 0.6) is 0 Å². The summed E-state index contributed by atoms with van der Waals surface area (Å²) in [6.45, 7) is 12.4. The van der Waals surface area contributed by atoms with Crippen molar-refractivity contribution in [3.63, 3.8) is 0 Å². The van der Waals surface area contributed by atoms with Crippen LogP contribution in [0.15, 0.2) is 4.99 Å². The van der Waals surface area contributed by atoms with E-state index in [2.05, 4.69) is 41.3 Å². The monoisotopic (exact) mass is 254 g/mol. The summed E-state index contributed by atoms with van der Waals surface area (Å²) in [6.07, 6.45) is 2.75. The zero-order valence-electron chi connectivity index (χ0n) is 12.5. The van der Waals surface area contributed by atoms with Crippen molar-refractivity contribution < 1.29 is 0 Å². The number of nitrogens with zero attached hydrogens (tertiary/aromatic N) is 2. The number of hydrogen-bond acceptors (Lipinski definition) is 2. The maximum Gasteiger partial charge on any atom is 0.190 e. The average molecular weight is 254 g/mol. The third-order valence-corrected chi connectivity index (χ3v) is 3.29. The highest BCUT2D eigenvalue weighted by Gasteiger charge is 2.14. The molecule has 0 aromatic carbocycles. The molecule has 1 aliphatic heterocycles. The Bertz CT molecular complexity index is 244. The van der Waals surface area contributed by atoms with Crippen molar-refractivity contribution in [1.82, 2.24) is 15.5 Å². The molecule has 2 N–H and O–H groups in total. The lowest BCUT2D eigenvalue weighted by molar-refractivity contribution is 0.287. The summed E-state index contributed by atoms with van der Waals surface area (Å²) in [5, 5.41) is 6.75. The van der Waals surface area contributed by atoms with E-state index < -0.39 is 0 Å². The molecular weight excluding hydrogens is 224 g/mol. The van der Waals surface area contributed by atoms with Crippen LogP contribution in [0.4, 0.5) is 0 Å². The molecule has 0 aliphatic carbocycles. The van der Waals surface area contributed by atoms with E-state index in [0.717, 1.165) is 19.0 Å². The molecule has 106 valence electrons. The Kier molecular flexibility index (Phi) is 7.09. The zero-order valence-corrected chi connectivity index (χ0v) is 12.5. The molecule has 1 atom stereocenters. The van der Waals surface area contributed by atoms with Gasteiger partial charge >= 0.3 is 0 Å². The van der Waals surface area contributed by atoms with Gasteiger partial charge in [0, 0.05) is 26.7 Å². The van der Waals surface area contributed by atoms with Crippen LogP contribution in [0.25, 0.3) is 0 Å². The predicted molar refractivity (Wildman–Crippen MR) is 79.0 cm³/mol. The summed E-state index contributed by atoms with van der Waals surface area (Å²) in [6, 6.07) is 0. The Balaban J connectivity index is 2.16. The first-order valence-corrected chi connectivity index (χ1v) is 7.28. The van der Waals surface area contributed by atoms with Gasteiger partial charge in [0.15, 0.2) is 5.96 Å². The van der Waals surface area contributed by atoms with E-state index in [1.165, 1.54) is 32.5 Å². The van der Waals surface area contributed by atoms with Crippen molar-refractivity contribution in [2.45, 2.75) is 33.6 Å². The predicted octanol–water partition coefficient (Wildman–Crippen LogP) is 1.54. The summed E-state index contributed by atoms with van der Waals surface area (Å²) >= 11 is 0. The summed E-state index contributed by atoms with van der Waals surface area (Å²) in [5.41, 5.74) is 0. The minimum Gasteiger partial charge on any atom is -0.356 e. The Morgan fingerprint density at radius 2 is 1.72 bits per heavy atom. The van der Waals surface area contributed by atoms with Gasteiger partial charge in [0.25, 0.3) is 0 Å². The third kappa shape index (κ3) is 6.24. The van der Waals surface area contributed by atoms with Crippen LogP contribution < -0.4 is 10.6 Å². The van der Waals surface area contributed by atoms with Gasteiger partial charge in [0.2, 0.25) is 0 Å². The maximum atomic E-state index is 4.24. The van der Waals surface area contributed by atoms with Gasteiger partial charge in [-0.2, -0.15) is 0 Å². The smallest absolute Gasteiger partial charge is 0.190 e. The van der Waals surface area contributed by atoms with Gasteiger partial charge in [0.05, 0.1) is 0 Å². The SMILES string of the molecule is CN=C(NCC(C)C)NCC(C)CN1CCCC1. The van der Waals surface area contributed by atoms with Crippen LogP contribution in [0.1, 0.15) is 33.6 Å². The van der Waals surface area contributed by atoms with Gasteiger partial charge in [-0.15, -0.1) is 0 Å². The topological polar surface area (TPSA) is 39.7 Å². The van der Waals surface area contributed by atoms with E-state index in [9.17, 15) is 0 Å². The summed E-state index contributed by atoms with van der Waals surface area (Å²) in [7, 11) is 1.83. The quantitative estimate of drug-likeness (QED) is 0.558. The van der Waals surface area contributed by atoms with Crippen LogP contribution in [0.3, 0.4) is 0 Å². The van der Waals surface area contributed by atoms with Crippen molar-refractivity contribution in [1.29, 1.82) is 0 Å². The summed E-state index contributed by atoms with van der Waals surface area (Å²) in [4.78, 5) is 6.81. The molecule has 0 radical (unpaired) electrons. The molecule has 0 saturated carbocycles. The Labute approximate surface area is 112 Å². The minimum absolute atomic E-state index is 0.644. The largest absolute Gasteiger partial charge is 0.356 e. The normalized spacial score (nSPS) is 19.3.